The van der Waals surface area contributed by atoms with Gasteiger partial charge in [-0.15, -0.1) is 0 Å². The van der Waals surface area contributed by atoms with Crippen molar-refractivity contribution < 1.29 is 5.11 Å². The molecule has 2 N–H and O–H groups in total. The number of benzene rings is 1. The van der Waals surface area contributed by atoms with E-state index in [4.69, 9.17) is 16.7 Å². The van der Waals surface area contributed by atoms with Gasteiger partial charge in [-0.05, 0) is 37.1 Å². The van der Waals surface area contributed by atoms with Crippen LogP contribution in [-0.2, 0) is 0 Å². The van der Waals surface area contributed by atoms with Crippen molar-refractivity contribution in [1.29, 1.82) is 0 Å². The highest BCUT2D eigenvalue weighted by Crippen LogP contribution is 2.25. The van der Waals surface area contributed by atoms with Crippen LogP contribution in [0.5, 0.6) is 0 Å². The molecule has 2 aromatic rings. The van der Waals surface area contributed by atoms with E-state index in [0.29, 0.717) is 5.02 Å². The molecule has 0 bridgehead atoms. The van der Waals surface area contributed by atoms with E-state index in [2.05, 4.69) is 17.2 Å². The van der Waals surface area contributed by atoms with Crippen molar-refractivity contribution in [2.24, 2.45) is 0 Å². The fourth-order valence-corrected chi connectivity index (χ4v) is 2.17. The SMILES string of the molecule is CCC(CCO)Nc1ccnc2ccc(Cl)cc12. The third-order valence-electron chi connectivity index (χ3n) is 3.03. The third-order valence-corrected chi connectivity index (χ3v) is 3.27. The highest BCUT2D eigenvalue weighted by atomic mass is 35.5. The van der Waals surface area contributed by atoms with Gasteiger partial charge in [0.05, 0.1) is 5.52 Å². The number of nitrogens with zero attached hydrogens (tertiary/aromatic N) is 1. The average molecular weight is 265 g/mol. The molecule has 0 aliphatic carbocycles. The van der Waals surface area contributed by atoms with E-state index in [9.17, 15) is 0 Å². The smallest absolute Gasteiger partial charge is 0.0723 e. The van der Waals surface area contributed by atoms with Crippen LogP contribution in [0.4, 0.5) is 5.69 Å². The quantitative estimate of drug-likeness (QED) is 0.869. The molecule has 1 unspecified atom stereocenters. The Morgan fingerprint density at radius 2 is 2.22 bits per heavy atom. The van der Waals surface area contributed by atoms with Crippen LogP contribution in [0.25, 0.3) is 10.9 Å². The zero-order valence-corrected chi connectivity index (χ0v) is 11.1. The molecule has 2 rings (SSSR count). The Hall–Kier alpha value is -1.32. The second-order valence-corrected chi connectivity index (χ2v) is 4.72. The maximum atomic E-state index is 9.03. The lowest BCUT2D eigenvalue weighted by Crippen LogP contribution is -2.19. The molecule has 1 heterocycles. The van der Waals surface area contributed by atoms with Crippen LogP contribution in [0.1, 0.15) is 19.8 Å². The zero-order chi connectivity index (χ0) is 13.0. The summed E-state index contributed by atoms with van der Waals surface area (Å²) in [6.07, 6.45) is 3.48. The summed E-state index contributed by atoms with van der Waals surface area (Å²) in [5.41, 5.74) is 1.94. The lowest BCUT2D eigenvalue weighted by atomic mass is 10.1. The topological polar surface area (TPSA) is 45.1 Å². The summed E-state index contributed by atoms with van der Waals surface area (Å²) in [4.78, 5) is 4.31. The third kappa shape index (κ3) is 2.92. The Labute approximate surface area is 112 Å². The molecule has 3 nitrogen and oxygen atoms in total. The Bertz CT molecular complexity index is 530. The van der Waals surface area contributed by atoms with Gasteiger partial charge in [-0.25, -0.2) is 0 Å². The average Bonchev–Trinajstić information content (AvgIpc) is 2.38. The van der Waals surface area contributed by atoms with E-state index in [1.165, 1.54) is 0 Å². The van der Waals surface area contributed by atoms with Gasteiger partial charge in [-0.1, -0.05) is 18.5 Å². The summed E-state index contributed by atoms with van der Waals surface area (Å²) in [5, 5.41) is 14.2. The van der Waals surface area contributed by atoms with Crippen molar-refractivity contribution in [2.75, 3.05) is 11.9 Å². The number of aromatic nitrogens is 1. The fourth-order valence-electron chi connectivity index (χ4n) is 2.00. The number of nitrogens with one attached hydrogen (secondary N) is 1. The van der Waals surface area contributed by atoms with Crippen molar-refractivity contribution in [3.63, 3.8) is 0 Å². The molecule has 0 fully saturated rings. The monoisotopic (exact) mass is 264 g/mol. The number of anilines is 1. The molecular formula is C14H17ClN2O. The van der Waals surface area contributed by atoms with Gasteiger partial charge in [0.15, 0.2) is 0 Å². The summed E-state index contributed by atoms with van der Waals surface area (Å²) >= 11 is 6.03. The molecule has 18 heavy (non-hydrogen) atoms. The van der Waals surface area contributed by atoms with Crippen LogP contribution in [0.2, 0.25) is 5.02 Å². The minimum atomic E-state index is 0.190. The minimum absolute atomic E-state index is 0.190. The number of fused-ring (bicyclic) bond motifs is 1. The Balaban J connectivity index is 2.34. The highest BCUT2D eigenvalue weighted by molar-refractivity contribution is 6.31. The maximum absolute atomic E-state index is 9.03. The van der Waals surface area contributed by atoms with Crippen LogP contribution >= 0.6 is 11.6 Å². The Morgan fingerprint density at radius 1 is 1.39 bits per heavy atom. The van der Waals surface area contributed by atoms with E-state index in [1.54, 1.807) is 6.20 Å². The molecule has 0 radical (unpaired) electrons. The van der Waals surface area contributed by atoms with Crippen LogP contribution in [0.3, 0.4) is 0 Å². The van der Waals surface area contributed by atoms with Gasteiger partial charge in [0, 0.05) is 34.9 Å². The Kier molecular flexibility index (Phi) is 4.39. The number of aliphatic hydroxyl groups excluding tert-OH is 1. The van der Waals surface area contributed by atoms with Crippen LogP contribution in [0.15, 0.2) is 30.5 Å². The van der Waals surface area contributed by atoms with Crippen LogP contribution in [0, 0.1) is 0 Å². The van der Waals surface area contributed by atoms with E-state index in [1.807, 2.05) is 24.3 Å². The summed E-state index contributed by atoms with van der Waals surface area (Å²) < 4.78 is 0. The molecule has 1 aromatic heterocycles. The van der Waals surface area contributed by atoms with Crippen molar-refractivity contribution in [2.45, 2.75) is 25.8 Å². The molecule has 0 amide bonds. The van der Waals surface area contributed by atoms with Crippen molar-refractivity contribution in [3.05, 3.63) is 35.5 Å². The largest absolute Gasteiger partial charge is 0.396 e. The van der Waals surface area contributed by atoms with E-state index in [0.717, 1.165) is 29.4 Å². The Morgan fingerprint density at radius 3 is 2.94 bits per heavy atom. The summed E-state index contributed by atoms with van der Waals surface area (Å²) in [6.45, 7) is 2.29. The van der Waals surface area contributed by atoms with Gasteiger partial charge in [-0.3, -0.25) is 4.98 Å². The first kappa shape index (κ1) is 13.1. The predicted octanol–water partition coefficient (Wildman–Crippen LogP) is 3.46. The number of hydrogen-bond donors (Lipinski definition) is 2. The highest BCUT2D eigenvalue weighted by Gasteiger charge is 2.08. The maximum Gasteiger partial charge on any atom is 0.0723 e. The van der Waals surface area contributed by atoms with Crippen LogP contribution in [-0.4, -0.2) is 22.7 Å². The van der Waals surface area contributed by atoms with Gasteiger partial charge in [0.1, 0.15) is 0 Å². The van der Waals surface area contributed by atoms with Gasteiger partial charge in [0.25, 0.3) is 0 Å². The molecule has 96 valence electrons. The van der Waals surface area contributed by atoms with Crippen molar-refractivity contribution >= 4 is 28.2 Å². The van der Waals surface area contributed by atoms with Crippen LogP contribution < -0.4 is 5.32 Å². The number of aliphatic hydroxyl groups is 1. The van der Waals surface area contributed by atoms with Gasteiger partial charge < -0.3 is 10.4 Å². The molecule has 0 spiro atoms. The number of pyridine rings is 1. The fraction of sp³-hybridized carbons (Fsp3) is 0.357. The summed E-state index contributed by atoms with van der Waals surface area (Å²) in [7, 11) is 0. The minimum Gasteiger partial charge on any atom is -0.396 e. The molecule has 0 saturated carbocycles. The predicted molar refractivity (Wildman–Crippen MR) is 76.2 cm³/mol. The standard InChI is InChI=1S/C14H17ClN2O/c1-2-11(6-8-18)17-14-5-7-16-13-4-3-10(15)9-12(13)14/h3-5,7,9,11,18H,2,6,8H2,1H3,(H,16,17). The lowest BCUT2D eigenvalue weighted by molar-refractivity contribution is 0.278. The first-order valence-electron chi connectivity index (χ1n) is 6.16. The first-order chi connectivity index (χ1) is 8.74. The van der Waals surface area contributed by atoms with Gasteiger partial charge in [0.2, 0.25) is 0 Å². The second-order valence-electron chi connectivity index (χ2n) is 4.28. The number of halogens is 1. The molecule has 1 aromatic carbocycles. The summed E-state index contributed by atoms with van der Waals surface area (Å²) in [6, 6.07) is 7.87. The molecule has 0 saturated heterocycles. The lowest BCUT2D eigenvalue weighted by Gasteiger charge is -2.18. The second kappa shape index (κ2) is 6.03. The van der Waals surface area contributed by atoms with E-state index < -0.39 is 0 Å². The zero-order valence-electron chi connectivity index (χ0n) is 10.4. The van der Waals surface area contributed by atoms with Crippen molar-refractivity contribution in [3.8, 4) is 0 Å². The normalized spacial score (nSPS) is 12.6. The van der Waals surface area contributed by atoms with Gasteiger partial charge >= 0.3 is 0 Å². The summed E-state index contributed by atoms with van der Waals surface area (Å²) in [5.74, 6) is 0. The molecule has 4 heteroatoms. The van der Waals surface area contributed by atoms with E-state index >= 15 is 0 Å². The molecule has 0 aliphatic rings. The molecule has 0 aliphatic heterocycles. The molecular weight excluding hydrogens is 248 g/mol. The van der Waals surface area contributed by atoms with E-state index in [-0.39, 0.29) is 12.6 Å². The first-order valence-corrected chi connectivity index (χ1v) is 6.54. The number of hydrogen-bond acceptors (Lipinski definition) is 3. The van der Waals surface area contributed by atoms with Gasteiger partial charge in [-0.2, -0.15) is 0 Å². The molecule has 1 atom stereocenters. The number of rotatable bonds is 5. The van der Waals surface area contributed by atoms with Crippen molar-refractivity contribution in [1.82, 2.24) is 4.98 Å².